The molecule has 0 aliphatic carbocycles. The Hall–Kier alpha value is -2.63. The number of aryl methyl sites for hydroxylation is 1. The van der Waals surface area contributed by atoms with Gasteiger partial charge < -0.3 is 10.6 Å². The van der Waals surface area contributed by atoms with E-state index in [1.165, 1.54) is 0 Å². The van der Waals surface area contributed by atoms with E-state index in [4.69, 9.17) is 11.6 Å². The molecule has 1 atom stereocenters. The minimum absolute atomic E-state index is 0.0623. The molecule has 3 rings (SSSR count). The summed E-state index contributed by atoms with van der Waals surface area (Å²) >= 11 is 6.24. The number of amides is 1. The quantitative estimate of drug-likeness (QED) is 0.685. The molecule has 0 aliphatic heterocycles. The molecule has 0 saturated heterocycles. The number of carbonyl (C=O) groups is 1. The third-order valence-electron chi connectivity index (χ3n) is 4.61. The average molecular weight is 384 g/mol. The Morgan fingerprint density at radius 2 is 1.81 bits per heavy atom. The summed E-state index contributed by atoms with van der Waals surface area (Å²) in [5, 5.41) is 10.3. The summed E-state index contributed by atoms with van der Waals surface area (Å²) in [6.07, 6.45) is 0. The zero-order valence-corrected chi connectivity index (χ0v) is 16.5. The number of carbonyl (C=O) groups excluding carboxylic acids is 1. The maximum Gasteiger partial charge on any atom is 0.279 e. The van der Waals surface area contributed by atoms with Crippen LogP contribution in [0.1, 0.15) is 29.9 Å². The third kappa shape index (κ3) is 4.38. The van der Waals surface area contributed by atoms with Gasteiger partial charge in [0.2, 0.25) is 0 Å². The van der Waals surface area contributed by atoms with Crippen molar-refractivity contribution in [2.24, 2.45) is 0 Å². The van der Waals surface area contributed by atoms with E-state index in [0.29, 0.717) is 6.54 Å². The van der Waals surface area contributed by atoms with Crippen LogP contribution in [0.15, 0.2) is 54.6 Å². The second kappa shape index (κ2) is 8.37. The molecule has 2 aromatic carbocycles. The second-order valence-corrected chi connectivity index (χ2v) is 7.00. The summed E-state index contributed by atoms with van der Waals surface area (Å²) in [5.74, 6) is -0.0623. The van der Waals surface area contributed by atoms with Gasteiger partial charge in [-0.25, -0.2) is 4.68 Å². The van der Waals surface area contributed by atoms with Crippen LogP contribution in [0.2, 0.25) is 5.02 Å². The number of nitrogens with zero attached hydrogens (tertiary/aromatic N) is 2. The molecule has 3 aromatic rings. The maximum atomic E-state index is 12.5. The smallest absolute Gasteiger partial charge is 0.279 e. The van der Waals surface area contributed by atoms with Gasteiger partial charge in [0.15, 0.2) is 6.54 Å². The summed E-state index contributed by atoms with van der Waals surface area (Å²) in [6, 6.07) is 17.7. The molecule has 3 N–H and O–H groups in total. The molecule has 27 heavy (non-hydrogen) atoms. The Morgan fingerprint density at radius 3 is 2.52 bits per heavy atom. The summed E-state index contributed by atoms with van der Waals surface area (Å²) in [6.45, 7) is 6.21. The van der Waals surface area contributed by atoms with Crippen LogP contribution in [0.3, 0.4) is 0 Å². The highest BCUT2D eigenvalue weighted by molar-refractivity contribution is 6.31. The van der Waals surface area contributed by atoms with Gasteiger partial charge in [-0.15, -0.1) is 0 Å². The van der Waals surface area contributed by atoms with E-state index < -0.39 is 0 Å². The van der Waals surface area contributed by atoms with Gasteiger partial charge in [-0.1, -0.05) is 48.0 Å². The molecule has 6 heteroatoms. The number of para-hydroxylation sites is 1. The fraction of sp³-hybridized carbons (Fsp3) is 0.238. The zero-order chi connectivity index (χ0) is 19.4. The predicted octanol–water partition coefficient (Wildman–Crippen LogP) is 3.41. The lowest BCUT2D eigenvalue weighted by Crippen LogP contribution is -2.86. The van der Waals surface area contributed by atoms with Crippen LogP contribution in [0.5, 0.6) is 0 Å². The minimum Gasteiger partial charge on any atom is -0.332 e. The first-order chi connectivity index (χ1) is 13.0. The number of hydrogen-bond donors (Lipinski definition) is 2. The largest absolute Gasteiger partial charge is 0.332 e. The standard InChI is InChI=1S/C21H23ClN4O/c1-14(18-11-7-8-12-19(18)22)23-13-20(27)24-21-15(2)25-26(16(21)3)17-9-5-4-6-10-17/h4-12,14,23H,13H2,1-3H3,(H,24,27)/p+1/t14-/m0/s1. The molecule has 140 valence electrons. The highest BCUT2D eigenvalue weighted by Gasteiger charge is 2.18. The van der Waals surface area contributed by atoms with Crippen LogP contribution < -0.4 is 10.6 Å². The Labute approximate surface area is 164 Å². The summed E-state index contributed by atoms with van der Waals surface area (Å²) in [4.78, 5) is 12.5. The van der Waals surface area contributed by atoms with Gasteiger partial charge in [0.05, 0.1) is 22.8 Å². The SMILES string of the molecule is Cc1nn(-c2ccccc2)c(C)c1NC(=O)C[NH2+][C@@H](C)c1ccccc1Cl. The molecule has 0 radical (unpaired) electrons. The molecule has 1 amide bonds. The monoisotopic (exact) mass is 383 g/mol. The number of hydrogen-bond acceptors (Lipinski definition) is 2. The highest BCUT2D eigenvalue weighted by atomic mass is 35.5. The number of rotatable bonds is 6. The summed E-state index contributed by atoms with van der Waals surface area (Å²) in [7, 11) is 0. The Bertz CT molecular complexity index is 937. The zero-order valence-electron chi connectivity index (χ0n) is 15.7. The van der Waals surface area contributed by atoms with Crippen LogP contribution in [-0.2, 0) is 4.79 Å². The van der Waals surface area contributed by atoms with Crippen LogP contribution in [0.25, 0.3) is 5.69 Å². The number of aromatic nitrogens is 2. The van der Waals surface area contributed by atoms with Crippen molar-refractivity contribution in [3.8, 4) is 5.69 Å². The van der Waals surface area contributed by atoms with Crippen molar-refractivity contribution in [3.05, 3.63) is 76.6 Å². The summed E-state index contributed by atoms with van der Waals surface area (Å²) < 4.78 is 1.85. The van der Waals surface area contributed by atoms with Gasteiger partial charge >= 0.3 is 0 Å². The number of benzene rings is 2. The topological polar surface area (TPSA) is 63.5 Å². The van der Waals surface area contributed by atoms with Crippen LogP contribution in [-0.4, -0.2) is 22.2 Å². The lowest BCUT2D eigenvalue weighted by Gasteiger charge is -2.12. The van der Waals surface area contributed by atoms with E-state index in [2.05, 4.69) is 10.4 Å². The first-order valence-corrected chi connectivity index (χ1v) is 9.34. The van der Waals surface area contributed by atoms with Crippen LogP contribution >= 0.6 is 11.6 Å². The van der Waals surface area contributed by atoms with E-state index in [-0.39, 0.29) is 11.9 Å². The van der Waals surface area contributed by atoms with E-state index in [1.807, 2.05) is 85.4 Å². The molecule has 5 nitrogen and oxygen atoms in total. The molecule has 0 spiro atoms. The predicted molar refractivity (Wildman–Crippen MR) is 108 cm³/mol. The van der Waals surface area contributed by atoms with E-state index in [0.717, 1.165) is 33.3 Å². The molecular weight excluding hydrogens is 360 g/mol. The molecule has 0 fully saturated rings. The molecule has 1 heterocycles. The minimum atomic E-state index is -0.0623. The first kappa shape index (κ1) is 19.1. The maximum absolute atomic E-state index is 12.5. The number of quaternary nitrogens is 1. The number of halogens is 1. The van der Waals surface area contributed by atoms with Crippen molar-refractivity contribution in [2.45, 2.75) is 26.8 Å². The normalized spacial score (nSPS) is 12.0. The molecular formula is C21H24ClN4O+. The lowest BCUT2D eigenvalue weighted by atomic mass is 10.1. The Morgan fingerprint density at radius 1 is 1.15 bits per heavy atom. The van der Waals surface area contributed by atoms with Crippen LogP contribution in [0, 0.1) is 13.8 Å². The van der Waals surface area contributed by atoms with E-state index in [9.17, 15) is 4.79 Å². The van der Waals surface area contributed by atoms with Crippen molar-refractivity contribution >= 4 is 23.2 Å². The van der Waals surface area contributed by atoms with Crippen molar-refractivity contribution in [2.75, 3.05) is 11.9 Å². The van der Waals surface area contributed by atoms with Crippen molar-refractivity contribution in [1.29, 1.82) is 0 Å². The fourth-order valence-electron chi connectivity index (χ4n) is 3.09. The fourth-order valence-corrected chi connectivity index (χ4v) is 3.40. The molecule has 0 unspecified atom stereocenters. The Balaban J connectivity index is 1.66. The van der Waals surface area contributed by atoms with Crippen molar-refractivity contribution in [1.82, 2.24) is 9.78 Å². The van der Waals surface area contributed by atoms with E-state index >= 15 is 0 Å². The third-order valence-corrected chi connectivity index (χ3v) is 4.95. The highest BCUT2D eigenvalue weighted by Crippen LogP contribution is 2.22. The summed E-state index contributed by atoms with van der Waals surface area (Å²) in [5.41, 5.74) is 4.46. The lowest BCUT2D eigenvalue weighted by molar-refractivity contribution is -0.682. The van der Waals surface area contributed by atoms with Gasteiger partial charge in [-0.2, -0.15) is 5.10 Å². The van der Waals surface area contributed by atoms with Crippen LogP contribution in [0.4, 0.5) is 5.69 Å². The van der Waals surface area contributed by atoms with Gasteiger partial charge in [-0.05, 0) is 39.0 Å². The van der Waals surface area contributed by atoms with Gasteiger partial charge in [0, 0.05) is 10.6 Å². The van der Waals surface area contributed by atoms with Gasteiger partial charge in [-0.3, -0.25) is 4.79 Å². The molecule has 1 aromatic heterocycles. The molecule has 0 bridgehead atoms. The van der Waals surface area contributed by atoms with E-state index in [1.54, 1.807) is 0 Å². The number of nitrogens with two attached hydrogens (primary N) is 1. The van der Waals surface area contributed by atoms with Crippen molar-refractivity contribution < 1.29 is 10.1 Å². The van der Waals surface area contributed by atoms with Gasteiger partial charge in [0.25, 0.3) is 5.91 Å². The molecule has 0 aliphatic rings. The van der Waals surface area contributed by atoms with Crippen molar-refractivity contribution in [3.63, 3.8) is 0 Å². The second-order valence-electron chi connectivity index (χ2n) is 6.59. The number of anilines is 1. The molecule has 0 saturated carbocycles. The number of nitrogens with one attached hydrogen (secondary N) is 1. The average Bonchev–Trinajstić information content (AvgIpc) is 2.95. The Kier molecular flexibility index (Phi) is 5.94. The van der Waals surface area contributed by atoms with Gasteiger partial charge in [0.1, 0.15) is 6.04 Å². The first-order valence-electron chi connectivity index (χ1n) is 8.96.